The Morgan fingerprint density at radius 3 is 2.58 bits per heavy atom. The zero-order valence-corrected chi connectivity index (χ0v) is 6.81. The Balaban J connectivity index is 3.05. The highest BCUT2D eigenvalue weighted by atomic mass is 19.3. The van der Waals surface area contributed by atoms with Gasteiger partial charge in [0.1, 0.15) is 0 Å². The zero-order chi connectivity index (χ0) is 9.35. The highest BCUT2D eigenvalue weighted by molar-refractivity contribution is 5.83. The van der Waals surface area contributed by atoms with E-state index < -0.39 is 11.8 Å². The van der Waals surface area contributed by atoms with E-state index in [1.165, 1.54) is 12.4 Å². The number of hydrogen-bond acceptors (Lipinski definition) is 2. The fourth-order valence-electron chi connectivity index (χ4n) is 0.738. The second-order valence-corrected chi connectivity index (χ2v) is 2.63. The standard InChI is InChI=1S/C7H9F2N3/c1-5-3-11-12(4-5)7(8,9)6(2)10/h3-4,10H,1-2H3. The molecule has 1 aromatic rings. The van der Waals surface area contributed by atoms with Crippen LogP contribution in [0.3, 0.4) is 0 Å². The van der Waals surface area contributed by atoms with Gasteiger partial charge in [-0.25, -0.2) is 4.68 Å². The van der Waals surface area contributed by atoms with Gasteiger partial charge in [-0.3, -0.25) is 0 Å². The summed E-state index contributed by atoms with van der Waals surface area (Å²) >= 11 is 0. The molecule has 0 aliphatic rings. The Labute approximate surface area is 68.5 Å². The minimum atomic E-state index is -3.30. The first-order chi connectivity index (χ1) is 5.44. The van der Waals surface area contributed by atoms with Crippen molar-refractivity contribution < 1.29 is 8.78 Å². The summed E-state index contributed by atoms with van der Waals surface area (Å²) in [6.45, 7) is 2.72. The fourth-order valence-corrected chi connectivity index (χ4v) is 0.738. The summed E-state index contributed by atoms with van der Waals surface area (Å²) < 4.78 is 26.4. The molecule has 1 rings (SSSR count). The first-order valence-electron chi connectivity index (χ1n) is 3.40. The minimum absolute atomic E-state index is 0.491. The molecule has 1 aromatic heterocycles. The third-order valence-electron chi connectivity index (χ3n) is 1.45. The van der Waals surface area contributed by atoms with E-state index in [9.17, 15) is 8.78 Å². The molecule has 3 nitrogen and oxygen atoms in total. The molecule has 5 heteroatoms. The van der Waals surface area contributed by atoms with Crippen molar-refractivity contribution >= 4 is 5.71 Å². The Bertz CT molecular complexity index is 303. The normalized spacial score (nSPS) is 11.7. The van der Waals surface area contributed by atoms with Crippen LogP contribution in [-0.2, 0) is 6.05 Å². The lowest BCUT2D eigenvalue weighted by atomic mass is 10.3. The lowest BCUT2D eigenvalue weighted by molar-refractivity contribution is -0.0183. The molecule has 0 spiro atoms. The second-order valence-electron chi connectivity index (χ2n) is 2.63. The topological polar surface area (TPSA) is 41.7 Å². The van der Waals surface area contributed by atoms with Gasteiger partial charge in [-0.2, -0.15) is 13.9 Å². The van der Waals surface area contributed by atoms with Gasteiger partial charge < -0.3 is 5.41 Å². The molecular weight excluding hydrogens is 164 g/mol. The smallest absolute Gasteiger partial charge is 0.302 e. The van der Waals surface area contributed by atoms with Gasteiger partial charge >= 0.3 is 6.05 Å². The number of aromatic nitrogens is 2. The molecule has 0 amide bonds. The predicted molar refractivity (Wildman–Crippen MR) is 40.6 cm³/mol. The first kappa shape index (κ1) is 8.83. The van der Waals surface area contributed by atoms with Crippen LogP contribution < -0.4 is 0 Å². The van der Waals surface area contributed by atoms with Gasteiger partial charge in [0.25, 0.3) is 0 Å². The van der Waals surface area contributed by atoms with Gasteiger partial charge in [0.2, 0.25) is 0 Å². The van der Waals surface area contributed by atoms with Gasteiger partial charge in [0, 0.05) is 6.20 Å². The lowest BCUT2D eigenvalue weighted by Gasteiger charge is -2.14. The minimum Gasteiger partial charge on any atom is -0.302 e. The molecule has 0 saturated heterocycles. The number of alkyl halides is 2. The average molecular weight is 173 g/mol. The summed E-state index contributed by atoms with van der Waals surface area (Å²) in [5.74, 6) is 0. The summed E-state index contributed by atoms with van der Waals surface area (Å²) in [6.07, 6.45) is 2.54. The number of hydrogen-bond donors (Lipinski definition) is 1. The van der Waals surface area contributed by atoms with Crippen molar-refractivity contribution in [3.8, 4) is 0 Å². The molecule has 0 aromatic carbocycles. The number of rotatable bonds is 2. The van der Waals surface area contributed by atoms with E-state index in [4.69, 9.17) is 5.41 Å². The van der Waals surface area contributed by atoms with Crippen LogP contribution in [0.1, 0.15) is 12.5 Å². The highest BCUT2D eigenvalue weighted by Crippen LogP contribution is 2.20. The molecule has 1 heterocycles. The quantitative estimate of drug-likeness (QED) is 0.680. The molecule has 0 fully saturated rings. The van der Waals surface area contributed by atoms with Crippen molar-refractivity contribution in [1.29, 1.82) is 5.41 Å². The number of nitrogens with one attached hydrogen (secondary N) is 1. The van der Waals surface area contributed by atoms with Crippen LogP contribution in [0, 0.1) is 12.3 Å². The summed E-state index contributed by atoms with van der Waals surface area (Å²) in [5.41, 5.74) is -0.0680. The van der Waals surface area contributed by atoms with Crippen LogP contribution in [0.25, 0.3) is 0 Å². The molecule has 0 bridgehead atoms. The zero-order valence-electron chi connectivity index (χ0n) is 6.81. The van der Waals surface area contributed by atoms with Crippen LogP contribution in [-0.4, -0.2) is 15.5 Å². The van der Waals surface area contributed by atoms with E-state index in [2.05, 4.69) is 5.10 Å². The van der Waals surface area contributed by atoms with Gasteiger partial charge in [-0.05, 0) is 19.4 Å². The van der Waals surface area contributed by atoms with E-state index in [-0.39, 0.29) is 0 Å². The van der Waals surface area contributed by atoms with E-state index in [0.717, 1.165) is 6.92 Å². The maximum Gasteiger partial charge on any atom is 0.382 e. The van der Waals surface area contributed by atoms with E-state index in [0.29, 0.717) is 10.2 Å². The van der Waals surface area contributed by atoms with Crippen LogP contribution in [0.5, 0.6) is 0 Å². The van der Waals surface area contributed by atoms with Crippen molar-refractivity contribution in [2.24, 2.45) is 0 Å². The van der Waals surface area contributed by atoms with E-state index in [1.807, 2.05) is 0 Å². The maximum atomic E-state index is 13.0. The molecule has 0 atom stereocenters. The summed E-state index contributed by atoms with van der Waals surface area (Å²) in [4.78, 5) is 0. The van der Waals surface area contributed by atoms with Crippen LogP contribution >= 0.6 is 0 Å². The molecule has 12 heavy (non-hydrogen) atoms. The fraction of sp³-hybridized carbons (Fsp3) is 0.429. The largest absolute Gasteiger partial charge is 0.382 e. The van der Waals surface area contributed by atoms with Gasteiger partial charge in [-0.15, -0.1) is 0 Å². The summed E-state index contributed by atoms with van der Waals surface area (Å²) in [7, 11) is 0. The van der Waals surface area contributed by atoms with Crippen molar-refractivity contribution in [2.45, 2.75) is 19.9 Å². The molecule has 0 radical (unpaired) electrons. The molecule has 0 aliphatic carbocycles. The van der Waals surface area contributed by atoms with Crippen molar-refractivity contribution in [2.75, 3.05) is 0 Å². The third kappa shape index (κ3) is 1.34. The SMILES string of the molecule is CC(=N)C(F)(F)n1cc(C)cn1. The molecule has 0 saturated carbocycles. The van der Waals surface area contributed by atoms with Crippen LogP contribution in [0.4, 0.5) is 8.78 Å². The Kier molecular flexibility index (Phi) is 1.95. The molecule has 66 valence electrons. The van der Waals surface area contributed by atoms with Gasteiger partial charge in [-0.1, -0.05) is 0 Å². The summed E-state index contributed by atoms with van der Waals surface area (Å²) in [6, 6.07) is -3.30. The van der Waals surface area contributed by atoms with Crippen molar-refractivity contribution in [3.05, 3.63) is 18.0 Å². The number of halogens is 2. The molecule has 0 unspecified atom stereocenters. The van der Waals surface area contributed by atoms with Crippen molar-refractivity contribution in [3.63, 3.8) is 0 Å². The van der Waals surface area contributed by atoms with E-state index >= 15 is 0 Å². The predicted octanol–water partition coefficient (Wildman–Crippen LogP) is 1.78. The summed E-state index contributed by atoms with van der Waals surface area (Å²) in [5, 5.41) is 10.3. The lowest BCUT2D eigenvalue weighted by Crippen LogP contribution is -2.30. The molecule has 1 N–H and O–H groups in total. The average Bonchev–Trinajstić information content (AvgIpc) is 2.35. The Morgan fingerprint density at radius 2 is 2.25 bits per heavy atom. The second kappa shape index (κ2) is 2.66. The molecular formula is C7H9F2N3. The van der Waals surface area contributed by atoms with Crippen LogP contribution in [0.2, 0.25) is 0 Å². The number of aryl methyl sites for hydroxylation is 1. The van der Waals surface area contributed by atoms with Crippen molar-refractivity contribution in [1.82, 2.24) is 9.78 Å². The maximum absolute atomic E-state index is 13.0. The Morgan fingerprint density at radius 1 is 1.67 bits per heavy atom. The highest BCUT2D eigenvalue weighted by Gasteiger charge is 2.34. The van der Waals surface area contributed by atoms with E-state index in [1.54, 1.807) is 6.92 Å². The monoisotopic (exact) mass is 173 g/mol. The third-order valence-corrected chi connectivity index (χ3v) is 1.45. The van der Waals surface area contributed by atoms with Gasteiger partial charge in [0.05, 0.1) is 11.9 Å². The Hall–Kier alpha value is -1.26. The van der Waals surface area contributed by atoms with Crippen LogP contribution in [0.15, 0.2) is 12.4 Å². The molecule has 0 aliphatic heterocycles. The first-order valence-corrected chi connectivity index (χ1v) is 3.40. The number of nitrogens with zero attached hydrogens (tertiary/aromatic N) is 2. The van der Waals surface area contributed by atoms with Gasteiger partial charge in [0.15, 0.2) is 0 Å².